The molecule has 0 saturated heterocycles. The molecule has 6 aromatic rings. The summed E-state index contributed by atoms with van der Waals surface area (Å²) in [5, 5.41) is 1.12. The number of pyridine rings is 3. The fraction of sp³-hybridized carbons (Fsp3) is 0.162. The van der Waals surface area contributed by atoms with Crippen molar-refractivity contribution >= 4 is 27.7 Å². The molecular weight excluding hydrogens is 549 g/mol. The molecule has 2 aromatic carbocycles. The molecule has 5 nitrogen and oxygen atoms in total. The number of thiophene rings is 1. The van der Waals surface area contributed by atoms with E-state index in [0.29, 0.717) is 0 Å². The molecule has 0 radical (unpaired) electrons. The van der Waals surface area contributed by atoms with Gasteiger partial charge in [0.25, 0.3) is 0 Å². The Bertz CT molecular complexity index is 1840. The average Bonchev–Trinajstić information content (AvgIpc) is 3.56. The van der Waals surface area contributed by atoms with Gasteiger partial charge in [0.1, 0.15) is 10.8 Å². The molecular formula is C37H34N4OS. The first kappa shape index (κ1) is 28.3. The van der Waals surface area contributed by atoms with Gasteiger partial charge >= 0.3 is 0 Å². The van der Waals surface area contributed by atoms with E-state index in [-0.39, 0.29) is 0 Å². The van der Waals surface area contributed by atoms with Crippen molar-refractivity contribution in [2.75, 3.05) is 12.0 Å². The summed E-state index contributed by atoms with van der Waals surface area (Å²) in [4.78, 5) is 17.8. The van der Waals surface area contributed by atoms with Crippen LogP contribution < -0.4 is 9.64 Å². The first-order valence-corrected chi connectivity index (χ1v) is 15.4. The average molecular weight is 583 g/mol. The Morgan fingerprint density at radius 1 is 0.651 bits per heavy atom. The SMILES string of the molecule is CCc1ccnc(-c2cc(CC)cc(-c3cc(-c4ccc(N(c5ccc(C)cc5)c5ccc(OC)cc5)s4)ccn3)n2)c1. The monoisotopic (exact) mass is 582 g/mol. The third-order valence-electron chi connectivity index (χ3n) is 7.53. The second-order valence-corrected chi connectivity index (χ2v) is 11.5. The number of hydrogen-bond donors (Lipinski definition) is 0. The molecule has 43 heavy (non-hydrogen) atoms. The summed E-state index contributed by atoms with van der Waals surface area (Å²) in [7, 11) is 1.69. The van der Waals surface area contributed by atoms with Crippen LogP contribution in [-0.2, 0) is 12.8 Å². The van der Waals surface area contributed by atoms with Gasteiger partial charge in [-0.2, -0.15) is 0 Å². The van der Waals surface area contributed by atoms with Crippen LogP contribution in [0.5, 0.6) is 5.75 Å². The third-order valence-corrected chi connectivity index (χ3v) is 8.65. The summed E-state index contributed by atoms with van der Waals surface area (Å²) < 4.78 is 5.41. The molecule has 214 valence electrons. The zero-order valence-corrected chi connectivity index (χ0v) is 25.7. The lowest BCUT2D eigenvalue weighted by Gasteiger charge is -2.24. The third kappa shape index (κ3) is 6.20. The van der Waals surface area contributed by atoms with Crippen molar-refractivity contribution in [1.82, 2.24) is 15.0 Å². The van der Waals surface area contributed by atoms with Crippen LogP contribution >= 0.6 is 11.3 Å². The molecule has 0 saturated carbocycles. The molecule has 4 heterocycles. The quantitative estimate of drug-likeness (QED) is 0.170. The Kier molecular flexibility index (Phi) is 8.29. The number of aryl methyl sites for hydroxylation is 3. The summed E-state index contributed by atoms with van der Waals surface area (Å²) in [5.41, 5.74) is 10.4. The Morgan fingerprint density at radius 2 is 1.26 bits per heavy atom. The molecule has 6 heteroatoms. The lowest BCUT2D eigenvalue weighted by molar-refractivity contribution is 0.415. The molecule has 0 atom stereocenters. The smallest absolute Gasteiger partial charge is 0.119 e. The summed E-state index contributed by atoms with van der Waals surface area (Å²) in [6, 6.07) is 33.9. The van der Waals surface area contributed by atoms with Crippen LogP contribution in [0, 0.1) is 6.92 Å². The molecule has 0 aliphatic heterocycles. The Hall–Kier alpha value is -4.81. The fourth-order valence-corrected chi connectivity index (χ4v) is 6.09. The van der Waals surface area contributed by atoms with Gasteiger partial charge in [0, 0.05) is 28.6 Å². The second-order valence-electron chi connectivity index (χ2n) is 10.4. The molecule has 6 rings (SSSR count). The topological polar surface area (TPSA) is 51.1 Å². The van der Waals surface area contributed by atoms with Gasteiger partial charge in [-0.15, -0.1) is 11.3 Å². The van der Waals surface area contributed by atoms with Crippen LogP contribution in [0.15, 0.2) is 109 Å². The van der Waals surface area contributed by atoms with Crippen LogP contribution in [0.4, 0.5) is 16.4 Å². The summed E-state index contributed by atoms with van der Waals surface area (Å²) >= 11 is 1.75. The van der Waals surface area contributed by atoms with Crippen LogP contribution in [-0.4, -0.2) is 22.1 Å². The predicted molar refractivity (Wildman–Crippen MR) is 179 cm³/mol. The first-order valence-electron chi connectivity index (χ1n) is 14.6. The number of rotatable bonds is 9. The van der Waals surface area contributed by atoms with Gasteiger partial charge in [0.15, 0.2) is 0 Å². The highest BCUT2D eigenvalue weighted by Crippen LogP contribution is 2.42. The maximum atomic E-state index is 5.41. The maximum absolute atomic E-state index is 5.41. The Morgan fingerprint density at radius 3 is 1.91 bits per heavy atom. The summed E-state index contributed by atoms with van der Waals surface area (Å²) in [5.74, 6) is 0.835. The van der Waals surface area contributed by atoms with E-state index in [1.54, 1.807) is 18.4 Å². The van der Waals surface area contributed by atoms with Gasteiger partial charge in [-0.3, -0.25) is 9.97 Å². The minimum absolute atomic E-state index is 0.835. The molecule has 0 fully saturated rings. The van der Waals surface area contributed by atoms with E-state index in [4.69, 9.17) is 14.7 Å². The molecule has 0 aliphatic rings. The van der Waals surface area contributed by atoms with Gasteiger partial charge in [-0.1, -0.05) is 31.5 Å². The lowest BCUT2D eigenvalue weighted by atomic mass is 10.1. The van der Waals surface area contributed by atoms with E-state index < -0.39 is 0 Å². The van der Waals surface area contributed by atoms with E-state index in [0.717, 1.165) is 68.2 Å². The normalized spacial score (nSPS) is 11.0. The first-order chi connectivity index (χ1) is 21.0. The van der Waals surface area contributed by atoms with Crippen molar-refractivity contribution in [3.8, 4) is 39.0 Å². The number of aromatic nitrogens is 3. The Labute approximate surface area is 257 Å². The number of anilines is 3. The van der Waals surface area contributed by atoms with Crippen molar-refractivity contribution < 1.29 is 4.74 Å². The number of methoxy groups -OCH3 is 1. The van der Waals surface area contributed by atoms with Crippen LogP contribution in [0.2, 0.25) is 0 Å². The maximum Gasteiger partial charge on any atom is 0.119 e. The van der Waals surface area contributed by atoms with Crippen molar-refractivity contribution in [1.29, 1.82) is 0 Å². The minimum Gasteiger partial charge on any atom is -0.497 e. The van der Waals surface area contributed by atoms with Crippen LogP contribution in [0.25, 0.3) is 33.2 Å². The zero-order chi connectivity index (χ0) is 29.8. The molecule has 0 amide bonds. The minimum atomic E-state index is 0.835. The highest BCUT2D eigenvalue weighted by Gasteiger charge is 2.17. The van der Waals surface area contributed by atoms with Crippen molar-refractivity contribution in [3.63, 3.8) is 0 Å². The van der Waals surface area contributed by atoms with Gasteiger partial charge < -0.3 is 9.64 Å². The lowest BCUT2D eigenvalue weighted by Crippen LogP contribution is -2.08. The van der Waals surface area contributed by atoms with E-state index in [2.05, 4.69) is 116 Å². The predicted octanol–water partition coefficient (Wildman–Crippen LogP) is 9.85. The molecule has 0 unspecified atom stereocenters. The van der Waals surface area contributed by atoms with Crippen LogP contribution in [0.1, 0.15) is 30.5 Å². The molecule has 0 aliphatic carbocycles. The standard InChI is InChI=1S/C37H34N4OS/c1-5-26-17-19-38-32(21-26)34-22-27(6-2)23-35(40-34)33-24-28(18-20-39-33)36-15-16-37(43-36)41(29-9-7-25(3)8-10-29)30-11-13-31(42-4)14-12-30/h7-24H,5-6H2,1-4H3. The van der Waals surface area contributed by atoms with Gasteiger partial charge in [0.05, 0.1) is 29.9 Å². The number of ether oxygens (including phenoxy) is 1. The van der Waals surface area contributed by atoms with E-state index in [1.807, 2.05) is 24.5 Å². The van der Waals surface area contributed by atoms with Gasteiger partial charge in [-0.25, -0.2) is 4.98 Å². The summed E-state index contributed by atoms with van der Waals surface area (Å²) in [6.07, 6.45) is 5.61. The molecule has 0 spiro atoms. The van der Waals surface area contributed by atoms with E-state index >= 15 is 0 Å². The number of hydrogen-bond acceptors (Lipinski definition) is 6. The second kappa shape index (κ2) is 12.6. The molecule has 0 N–H and O–H groups in total. The van der Waals surface area contributed by atoms with Crippen molar-refractivity contribution in [2.24, 2.45) is 0 Å². The van der Waals surface area contributed by atoms with Crippen molar-refractivity contribution in [3.05, 3.63) is 126 Å². The highest BCUT2D eigenvalue weighted by atomic mass is 32.1. The molecule has 0 bridgehead atoms. The van der Waals surface area contributed by atoms with Gasteiger partial charge in [-0.05, 0) is 121 Å². The zero-order valence-electron chi connectivity index (χ0n) is 24.9. The molecule has 4 aromatic heterocycles. The highest BCUT2D eigenvalue weighted by molar-refractivity contribution is 7.19. The number of benzene rings is 2. The summed E-state index contributed by atoms with van der Waals surface area (Å²) in [6.45, 7) is 6.43. The van der Waals surface area contributed by atoms with Crippen LogP contribution in [0.3, 0.4) is 0 Å². The van der Waals surface area contributed by atoms with Crippen molar-refractivity contribution in [2.45, 2.75) is 33.6 Å². The largest absolute Gasteiger partial charge is 0.497 e. The Balaban J connectivity index is 1.37. The van der Waals surface area contributed by atoms with E-state index in [9.17, 15) is 0 Å². The fourth-order valence-electron chi connectivity index (χ4n) is 5.04. The van der Waals surface area contributed by atoms with E-state index in [1.165, 1.54) is 16.7 Å². The number of nitrogens with zero attached hydrogens (tertiary/aromatic N) is 4. The van der Waals surface area contributed by atoms with Gasteiger partial charge in [0.2, 0.25) is 0 Å².